The first-order valence-electron chi connectivity index (χ1n) is 7.31. The highest BCUT2D eigenvalue weighted by Gasteiger charge is 2.17. The summed E-state index contributed by atoms with van der Waals surface area (Å²) < 4.78 is 1.74. The van der Waals surface area contributed by atoms with Crippen LogP contribution in [0.25, 0.3) is 0 Å². The lowest BCUT2D eigenvalue weighted by molar-refractivity contribution is 0.148. The third kappa shape index (κ3) is 4.76. The summed E-state index contributed by atoms with van der Waals surface area (Å²) in [4.78, 5) is 0. The molecule has 0 fully saturated rings. The fourth-order valence-corrected chi connectivity index (χ4v) is 2.38. The molecule has 20 heavy (non-hydrogen) atoms. The van der Waals surface area contributed by atoms with Gasteiger partial charge in [0.2, 0.25) is 0 Å². The standard InChI is InChI=1S/C15H28ClN3O/c1-11(2)13-12(14(16)19(5)18-13)9-17-8-6-7-15(3,4)10-20/h11,17,20H,6-10H2,1-5H3. The van der Waals surface area contributed by atoms with E-state index in [2.05, 4.69) is 38.1 Å². The Morgan fingerprint density at radius 3 is 2.60 bits per heavy atom. The van der Waals surface area contributed by atoms with Gasteiger partial charge in [0.25, 0.3) is 0 Å². The number of aromatic nitrogens is 2. The summed E-state index contributed by atoms with van der Waals surface area (Å²) in [6.45, 7) is 10.3. The molecule has 0 radical (unpaired) electrons. The number of aryl methyl sites for hydroxylation is 1. The molecule has 0 aliphatic carbocycles. The zero-order valence-corrected chi connectivity index (χ0v) is 14.1. The smallest absolute Gasteiger partial charge is 0.131 e. The summed E-state index contributed by atoms with van der Waals surface area (Å²) in [5.41, 5.74) is 2.18. The molecular weight excluding hydrogens is 274 g/mol. The lowest BCUT2D eigenvalue weighted by Crippen LogP contribution is -2.21. The molecule has 4 nitrogen and oxygen atoms in total. The van der Waals surface area contributed by atoms with Crippen LogP contribution in [0.5, 0.6) is 0 Å². The van der Waals surface area contributed by atoms with E-state index in [4.69, 9.17) is 11.6 Å². The topological polar surface area (TPSA) is 50.1 Å². The summed E-state index contributed by atoms with van der Waals surface area (Å²) in [6, 6.07) is 0. The predicted octanol–water partition coefficient (Wildman–Crippen LogP) is 3.09. The van der Waals surface area contributed by atoms with E-state index in [0.29, 0.717) is 5.92 Å². The zero-order chi connectivity index (χ0) is 15.3. The quantitative estimate of drug-likeness (QED) is 0.726. The van der Waals surface area contributed by atoms with Crippen molar-refractivity contribution in [3.63, 3.8) is 0 Å². The molecule has 0 amide bonds. The number of hydrogen-bond acceptors (Lipinski definition) is 3. The second kappa shape index (κ2) is 7.43. The van der Waals surface area contributed by atoms with Crippen molar-refractivity contribution >= 4 is 11.6 Å². The van der Waals surface area contributed by atoms with Crippen molar-refractivity contribution in [3.8, 4) is 0 Å². The first-order chi connectivity index (χ1) is 9.28. The molecule has 1 aromatic heterocycles. The van der Waals surface area contributed by atoms with Gasteiger partial charge in [-0.3, -0.25) is 4.68 Å². The molecule has 0 saturated heterocycles. The van der Waals surface area contributed by atoms with E-state index < -0.39 is 0 Å². The summed E-state index contributed by atoms with van der Waals surface area (Å²) in [5, 5.41) is 17.8. The molecular formula is C15H28ClN3O. The fraction of sp³-hybridized carbons (Fsp3) is 0.800. The summed E-state index contributed by atoms with van der Waals surface area (Å²) in [6.07, 6.45) is 2.05. The van der Waals surface area contributed by atoms with Crippen molar-refractivity contribution in [2.24, 2.45) is 12.5 Å². The Balaban J connectivity index is 2.47. The second-order valence-corrected chi connectivity index (χ2v) is 6.89. The van der Waals surface area contributed by atoms with Crippen LogP contribution < -0.4 is 5.32 Å². The number of aliphatic hydroxyl groups is 1. The van der Waals surface area contributed by atoms with Gasteiger partial charge in [-0.05, 0) is 30.7 Å². The Kier molecular flexibility index (Phi) is 6.49. The molecule has 0 spiro atoms. The van der Waals surface area contributed by atoms with Crippen molar-refractivity contribution in [1.82, 2.24) is 15.1 Å². The van der Waals surface area contributed by atoms with Crippen LogP contribution in [-0.2, 0) is 13.6 Å². The van der Waals surface area contributed by atoms with Gasteiger partial charge in [-0.25, -0.2) is 0 Å². The van der Waals surface area contributed by atoms with Crippen LogP contribution in [0.15, 0.2) is 0 Å². The van der Waals surface area contributed by atoms with Gasteiger partial charge in [0, 0.05) is 25.8 Å². The molecule has 0 aliphatic heterocycles. The number of aliphatic hydroxyl groups excluding tert-OH is 1. The van der Waals surface area contributed by atoms with Crippen LogP contribution in [0.1, 0.15) is 57.7 Å². The van der Waals surface area contributed by atoms with Crippen LogP contribution in [-0.4, -0.2) is 28.0 Å². The van der Waals surface area contributed by atoms with Gasteiger partial charge in [-0.2, -0.15) is 5.10 Å². The summed E-state index contributed by atoms with van der Waals surface area (Å²) in [7, 11) is 1.88. The predicted molar refractivity (Wildman–Crippen MR) is 84.1 cm³/mol. The number of rotatable bonds is 8. The molecule has 0 aliphatic rings. The normalized spacial score (nSPS) is 12.4. The lowest BCUT2D eigenvalue weighted by atomic mass is 9.89. The van der Waals surface area contributed by atoms with E-state index in [1.807, 2.05) is 7.05 Å². The van der Waals surface area contributed by atoms with E-state index in [9.17, 15) is 5.11 Å². The number of hydrogen-bond donors (Lipinski definition) is 2. The third-order valence-corrected chi connectivity index (χ3v) is 4.06. The Morgan fingerprint density at radius 2 is 2.05 bits per heavy atom. The summed E-state index contributed by atoms with van der Waals surface area (Å²) in [5.74, 6) is 0.374. The Bertz CT molecular complexity index is 427. The fourth-order valence-electron chi connectivity index (χ4n) is 2.18. The third-order valence-electron chi connectivity index (χ3n) is 3.58. The van der Waals surface area contributed by atoms with Crippen LogP contribution >= 0.6 is 11.6 Å². The van der Waals surface area contributed by atoms with Crippen LogP contribution in [0.3, 0.4) is 0 Å². The largest absolute Gasteiger partial charge is 0.396 e. The number of halogens is 1. The van der Waals surface area contributed by atoms with E-state index in [0.717, 1.165) is 42.3 Å². The minimum absolute atomic E-state index is 0.0106. The van der Waals surface area contributed by atoms with E-state index in [1.54, 1.807) is 4.68 Å². The van der Waals surface area contributed by atoms with E-state index >= 15 is 0 Å². The molecule has 2 N–H and O–H groups in total. The molecule has 0 unspecified atom stereocenters. The summed E-state index contributed by atoms with van der Waals surface area (Å²) >= 11 is 6.29. The van der Waals surface area contributed by atoms with Crippen molar-refractivity contribution in [2.45, 2.75) is 53.0 Å². The molecule has 1 heterocycles. The highest BCUT2D eigenvalue weighted by atomic mass is 35.5. The molecule has 5 heteroatoms. The van der Waals surface area contributed by atoms with Gasteiger partial charge in [0.05, 0.1) is 5.69 Å². The highest BCUT2D eigenvalue weighted by Crippen LogP contribution is 2.25. The number of nitrogens with one attached hydrogen (secondary N) is 1. The lowest BCUT2D eigenvalue weighted by Gasteiger charge is -2.21. The second-order valence-electron chi connectivity index (χ2n) is 6.54. The number of nitrogens with zero attached hydrogens (tertiary/aromatic N) is 2. The minimum atomic E-state index is 0.0106. The molecule has 0 aromatic carbocycles. The average molecular weight is 302 g/mol. The van der Waals surface area contributed by atoms with Crippen molar-refractivity contribution < 1.29 is 5.11 Å². The van der Waals surface area contributed by atoms with Gasteiger partial charge in [0.1, 0.15) is 5.15 Å². The maximum atomic E-state index is 9.22. The molecule has 0 bridgehead atoms. The molecule has 1 aromatic rings. The van der Waals surface area contributed by atoms with Gasteiger partial charge in [-0.15, -0.1) is 0 Å². The maximum Gasteiger partial charge on any atom is 0.131 e. The van der Waals surface area contributed by atoms with Gasteiger partial charge >= 0.3 is 0 Å². The van der Waals surface area contributed by atoms with Gasteiger partial charge < -0.3 is 10.4 Å². The highest BCUT2D eigenvalue weighted by molar-refractivity contribution is 6.30. The van der Waals surface area contributed by atoms with E-state index in [-0.39, 0.29) is 12.0 Å². The monoisotopic (exact) mass is 301 g/mol. The zero-order valence-electron chi connectivity index (χ0n) is 13.3. The van der Waals surface area contributed by atoms with Crippen LogP contribution in [0, 0.1) is 5.41 Å². The van der Waals surface area contributed by atoms with Gasteiger partial charge in [0.15, 0.2) is 0 Å². The molecule has 0 saturated carbocycles. The first-order valence-corrected chi connectivity index (χ1v) is 7.69. The minimum Gasteiger partial charge on any atom is -0.396 e. The Labute approximate surface area is 127 Å². The van der Waals surface area contributed by atoms with E-state index in [1.165, 1.54) is 0 Å². The first kappa shape index (κ1) is 17.5. The van der Waals surface area contributed by atoms with Crippen molar-refractivity contribution in [2.75, 3.05) is 13.2 Å². The van der Waals surface area contributed by atoms with Crippen molar-refractivity contribution in [1.29, 1.82) is 0 Å². The molecule has 0 atom stereocenters. The van der Waals surface area contributed by atoms with Crippen LogP contribution in [0.2, 0.25) is 5.15 Å². The Hall–Kier alpha value is -0.580. The SMILES string of the molecule is CC(C)c1nn(C)c(Cl)c1CNCCCC(C)(C)CO. The van der Waals surface area contributed by atoms with Gasteiger partial charge in [-0.1, -0.05) is 39.3 Å². The van der Waals surface area contributed by atoms with Crippen LogP contribution in [0.4, 0.5) is 0 Å². The molecule has 1 rings (SSSR count). The average Bonchev–Trinajstić information content (AvgIpc) is 2.66. The Morgan fingerprint density at radius 1 is 1.40 bits per heavy atom. The molecule has 116 valence electrons. The van der Waals surface area contributed by atoms with Crippen molar-refractivity contribution in [3.05, 3.63) is 16.4 Å². The maximum absolute atomic E-state index is 9.22.